The molecule has 3 aromatic carbocycles. The molecule has 2 aromatic heterocycles. The van der Waals surface area contributed by atoms with Gasteiger partial charge in [0, 0.05) is 38.7 Å². The summed E-state index contributed by atoms with van der Waals surface area (Å²) >= 11 is 3.45. The van der Waals surface area contributed by atoms with E-state index >= 15 is 0 Å². The lowest BCUT2D eigenvalue weighted by atomic mass is 10.1. The fourth-order valence-electron chi connectivity index (χ4n) is 4.79. The van der Waals surface area contributed by atoms with E-state index in [1.807, 2.05) is 51.1 Å². The van der Waals surface area contributed by atoms with Crippen molar-refractivity contribution in [2.45, 2.75) is 40.0 Å². The van der Waals surface area contributed by atoms with Gasteiger partial charge in [-0.1, -0.05) is 29.8 Å². The Balaban J connectivity index is 1.35. The van der Waals surface area contributed by atoms with Crippen LogP contribution in [0.25, 0.3) is 16.6 Å². The Bertz CT molecular complexity index is 1880. The molecule has 0 aliphatic rings. The third-order valence-electron chi connectivity index (χ3n) is 7.26. The number of ether oxygens (including phenoxy) is 1. The first-order valence-corrected chi connectivity index (χ1v) is 14.7. The molecule has 0 bridgehead atoms. The van der Waals surface area contributed by atoms with Gasteiger partial charge in [0.15, 0.2) is 6.61 Å². The van der Waals surface area contributed by atoms with Crippen molar-refractivity contribution in [3.8, 4) is 11.4 Å². The molecule has 5 rings (SSSR count). The van der Waals surface area contributed by atoms with Gasteiger partial charge in [0.1, 0.15) is 17.4 Å². The van der Waals surface area contributed by atoms with Gasteiger partial charge in [-0.15, -0.1) is 0 Å². The van der Waals surface area contributed by atoms with E-state index in [9.17, 15) is 14.0 Å². The molecular formula is C33H31BrFN5O3. The number of aromatic nitrogens is 3. The number of aryl methyl sites for hydroxylation is 1. The number of hydrogen-bond donors (Lipinski definition) is 1. The minimum atomic E-state index is -0.371. The molecule has 2 heterocycles. The lowest BCUT2D eigenvalue weighted by molar-refractivity contribution is -0.118. The normalized spacial score (nSPS) is 12.1. The van der Waals surface area contributed by atoms with Gasteiger partial charge in [0.25, 0.3) is 11.5 Å². The second kappa shape index (κ2) is 12.7. The highest BCUT2D eigenvalue weighted by molar-refractivity contribution is 9.10. The van der Waals surface area contributed by atoms with Crippen LogP contribution in [0.5, 0.6) is 5.75 Å². The number of fused-ring (bicyclic) bond motifs is 1. The van der Waals surface area contributed by atoms with Crippen LogP contribution in [-0.2, 0) is 4.79 Å². The van der Waals surface area contributed by atoms with Gasteiger partial charge in [-0.05, 0) is 93.1 Å². The summed E-state index contributed by atoms with van der Waals surface area (Å²) in [6, 6.07) is 20.5. The van der Waals surface area contributed by atoms with Crippen molar-refractivity contribution in [1.82, 2.24) is 14.2 Å². The summed E-state index contributed by atoms with van der Waals surface area (Å²) in [7, 11) is 0. The molecule has 220 valence electrons. The minimum Gasteiger partial charge on any atom is -0.484 e. The van der Waals surface area contributed by atoms with E-state index in [1.54, 1.807) is 24.4 Å². The molecule has 0 unspecified atom stereocenters. The van der Waals surface area contributed by atoms with Crippen LogP contribution in [0.15, 0.2) is 87.2 Å². The summed E-state index contributed by atoms with van der Waals surface area (Å²) in [6.45, 7) is 7.91. The number of amides is 1. The molecule has 10 heteroatoms. The van der Waals surface area contributed by atoms with Crippen LogP contribution in [-0.4, -0.2) is 33.0 Å². The van der Waals surface area contributed by atoms with Crippen molar-refractivity contribution in [1.29, 1.82) is 0 Å². The smallest absolute Gasteiger partial charge is 0.282 e. The van der Waals surface area contributed by atoms with Gasteiger partial charge in [0.05, 0.1) is 17.1 Å². The van der Waals surface area contributed by atoms with Gasteiger partial charge < -0.3 is 14.6 Å². The predicted molar refractivity (Wildman–Crippen MR) is 171 cm³/mol. The van der Waals surface area contributed by atoms with E-state index in [0.29, 0.717) is 28.2 Å². The monoisotopic (exact) mass is 643 g/mol. The Morgan fingerprint density at radius 2 is 1.81 bits per heavy atom. The van der Waals surface area contributed by atoms with Crippen LogP contribution in [0.2, 0.25) is 0 Å². The van der Waals surface area contributed by atoms with Gasteiger partial charge in [-0.2, -0.15) is 9.78 Å². The molecule has 1 amide bonds. The Kier molecular flexibility index (Phi) is 8.86. The van der Waals surface area contributed by atoms with Gasteiger partial charge in [0.2, 0.25) is 0 Å². The van der Waals surface area contributed by atoms with Crippen molar-refractivity contribution in [3.05, 3.63) is 116 Å². The molecule has 0 aliphatic heterocycles. The van der Waals surface area contributed by atoms with Crippen molar-refractivity contribution in [3.63, 3.8) is 0 Å². The molecule has 0 aliphatic carbocycles. The van der Waals surface area contributed by atoms with Crippen molar-refractivity contribution < 1.29 is 13.9 Å². The largest absolute Gasteiger partial charge is 0.484 e. The zero-order valence-corrected chi connectivity index (χ0v) is 25.9. The second-order valence-electron chi connectivity index (χ2n) is 10.3. The number of halogens is 2. The highest BCUT2D eigenvalue weighted by atomic mass is 79.9. The Labute approximate surface area is 257 Å². The lowest BCUT2D eigenvalue weighted by Crippen LogP contribution is -2.23. The highest BCUT2D eigenvalue weighted by Gasteiger charge is 2.16. The molecule has 8 nitrogen and oxygen atoms in total. The highest BCUT2D eigenvalue weighted by Crippen LogP contribution is 2.24. The molecule has 5 aromatic rings. The average Bonchev–Trinajstić information content (AvgIpc) is 3.29. The number of anilines is 1. The topological polar surface area (TPSA) is 90.5 Å². The molecule has 0 spiro atoms. The maximum absolute atomic E-state index is 13.5. The predicted octanol–water partition coefficient (Wildman–Crippen LogP) is 7.12. The van der Waals surface area contributed by atoms with Crippen molar-refractivity contribution in [2.24, 2.45) is 5.10 Å². The number of hydrogen-bond acceptors (Lipinski definition) is 5. The molecular weight excluding hydrogens is 613 g/mol. The lowest BCUT2D eigenvalue weighted by Gasteiger charge is -2.14. The van der Waals surface area contributed by atoms with Crippen LogP contribution in [0, 0.1) is 19.7 Å². The van der Waals surface area contributed by atoms with E-state index in [4.69, 9.17) is 9.72 Å². The summed E-state index contributed by atoms with van der Waals surface area (Å²) < 4.78 is 23.0. The van der Waals surface area contributed by atoms with E-state index in [1.165, 1.54) is 28.9 Å². The first kappa shape index (κ1) is 29.9. The van der Waals surface area contributed by atoms with E-state index in [0.717, 1.165) is 33.5 Å². The Morgan fingerprint density at radius 3 is 2.51 bits per heavy atom. The number of carbonyl (C=O) groups is 1. The number of benzene rings is 3. The van der Waals surface area contributed by atoms with Gasteiger partial charge >= 0.3 is 0 Å². The van der Waals surface area contributed by atoms with Crippen molar-refractivity contribution >= 4 is 44.6 Å². The summed E-state index contributed by atoms with van der Waals surface area (Å²) in [5.74, 6) is 0.481. The third-order valence-corrected chi connectivity index (χ3v) is 7.76. The first-order valence-electron chi connectivity index (χ1n) is 13.9. The summed E-state index contributed by atoms with van der Waals surface area (Å²) in [6.07, 6.45) is 2.52. The quantitative estimate of drug-likeness (QED) is 0.173. The second-order valence-corrected chi connectivity index (χ2v) is 11.2. The van der Waals surface area contributed by atoms with Crippen LogP contribution in [0.4, 0.5) is 10.1 Å². The minimum absolute atomic E-state index is 0.0417. The maximum atomic E-state index is 13.5. The first-order chi connectivity index (χ1) is 20.6. The number of nitrogens with one attached hydrogen (secondary N) is 1. The fraction of sp³-hybridized carbons (Fsp3) is 0.212. The Hall–Kier alpha value is -4.57. The molecule has 1 N–H and O–H groups in total. The standard InChI is InChI=1S/C33H31BrFN5O3/c1-5-20(2)32-38-30-15-6-24(34)17-29(30)33(42)40(32)36-18-23-16-21(3)39(22(23)4)27-11-13-28(14-12-27)43-19-31(41)37-26-9-7-25(35)8-10-26/h6-18,20H,5,19H2,1-4H3,(H,37,41)/t20-/m1/s1. The Morgan fingerprint density at radius 1 is 1.09 bits per heavy atom. The van der Waals surface area contributed by atoms with Gasteiger partial charge in [-0.3, -0.25) is 9.59 Å². The maximum Gasteiger partial charge on any atom is 0.282 e. The SMILES string of the molecule is CC[C@@H](C)c1nc2ccc(Br)cc2c(=O)n1N=Cc1cc(C)n(-c2ccc(OCC(=O)Nc3ccc(F)cc3)cc2)c1C. The molecule has 0 fully saturated rings. The van der Waals surface area contributed by atoms with Crippen LogP contribution < -0.4 is 15.6 Å². The van der Waals surface area contributed by atoms with E-state index in [-0.39, 0.29) is 29.8 Å². The fourth-order valence-corrected chi connectivity index (χ4v) is 5.15. The molecule has 0 saturated heterocycles. The molecule has 0 saturated carbocycles. The van der Waals surface area contributed by atoms with E-state index in [2.05, 4.69) is 37.8 Å². The molecule has 1 atom stereocenters. The number of rotatable bonds is 9. The average molecular weight is 645 g/mol. The van der Waals surface area contributed by atoms with E-state index < -0.39 is 0 Å². The van der Waals surface area contributed by atoms with Crippen LogP contribution >= 0.6 is 15.9 Å². The third kappa shape index (κ3) is 6.59. The zero-order chi connectivity index (χ0) is 30.7. The number of nitrogens with zero attached hydrogens (tertiary/aromatic N) is 4. The summed E-state index contributed by atoms with van der Waals surface area (Å²) in [4.78, 5) is 30.5. The van der Waals surface area contributed by atoms with Gasteiger partial charge in [-0.25, -0.2) is 9.37 Å². The summed E-state index contributed by atoms with van der Waals surface area (Å²) in [5, 5.41) is 7.80. The molecule has 0 radical (unpaired) electrons. The molecule has 43 heavy (non-hydrogen) atoms. The number of carbonyl (C=O) groups excluding carboxylic acids is 1. The van der Waals surface area contributed by atoms with Crippen LogP contribution in [0.1, 0.15) is 49.0 Å². The summed E-state index contributed by atoms with van der Waals surface area (Å²) in [5.41, 5.74) is 4.64. The van der Waals surface area contributed by atoms with Crippen LogP contribution in [0.3, 0.4) is 0 Å². The van der Waals surface area contributed by atoms with Crippen molar-refractivity contribution in [2.75, 3.05) is 11.9 Å². The zero-order valence-electron chi connectivity index (χ0n) is 24.3.